The molecule has 0 aliphatic heterocycles. The number of hydrogen-bond donors (Lipinski definition) is 1. The van der Waals surface area contributed by atoms with Crippen LogP contribution in [0.5, 0.6) is 0 Å². The molecule has 0 aliphatic rings. The van der Waals surface area contributed by atoms with E-state index in [0.29, 0.717) is 11.5 Å². The summed E-state index contributed by atoms with van der Waals surface area (Å²) >= 11 is 0. The summed E-state index contributed by atoms with van der Waals surface area (Å²) in [5, 5.41) is 3.52. The van der Waals surface area contributed by atoms with E-state index in [1.807, 2.05) is 0 Å². The molecule has 2 unspecified atom stereocenters. The van der Waals surface area contributed by atoms with E-state index in [-0.39, 0.29) is 0 Å². The monoisotopic (exact) mass is 288 g/mol. The van der Waals surface area contributed by atoms with Gasteiger partial charge in [-0.15, -0.1) is 0 Å². The van der Waals surface area contributed by atoms with E-state index in [1.54, 1.807) is 14.2 Å². The maximum absolute atomic E-state index is 5.32. The summed E-state index contributed by atoms with van der Waals surface area (Å²) in [7, 11) is 3.54. The molecule has 0 heterocycles. The number of nitrogens with one attached hydrogen (secondary N) is 1. The van der Waals surface area contributed by atoms with E-state index < -0.39 is 0 Å². The Hall–Kier alpha value is -0.160. The predicted molar refractivity (Wildman–Crippen MR) is 86.3 cm³/mol. The van der Waals surface area contributed by atoms with Gasteiger partial charge in [0.15, 0.2) is 0 Å². The molecule has 0 aromatic carbocycles. The van der Waals surface area contributed by atoms with E-state index in [1.165, 1.54) is 12.8 Å². The van der Waals surface area contributed by atoms with E-state index in [4.69, 9.17) is 9.47 Å². The molecule has 0 rings (SSSR count). The Bertz CT molecular complexity index is 227. The molecule has 1 N–H and O–H groups in total. The van der Waals surface area contributed by atoms with Gasteiger partial charge in [-0.25, -0.2) is 0 Å². The van der Waals surface area contributed by atoms with E-state index >= 15 is 0 Å². The first-order valence-corrected chi connectivity index (χ1v) is 7.95. The number of ether oxygens (including phenoxy) is 2. The molecule has 0 radical (unpaired) electrons. The summed E-state index contributed by atoms with van der Waals surface area (Å²) in [6.45, 7) is 14.8. The van der Waals surface area contributed by atoms with Crippen molar-refractivity contribution in [3.8, 4) is 0 Å². The second kappa shape index (κ2) is 11.5. The highest BCUT2D eigenvalue weighted by Crippen LogP contribution is 2.25. The molecule has 0 bridgehead atoms. The fraction of sp³-hybridized carbons (Fsp3) is 1.00. The standard InChI is InChI=1S/C16H36N2O2/c1-7-9-16(4,13-17-8-2)14-18(10-11-19-5)15(3)12-20-6/h15,17H,7-14H2,1-6H3. The van der Waals surface area contributed by atoms with Crippen molar-refractivity contribution in [3.63, 3.8) is 0 Å². The van der Waals surface area contributed by atoms with Gasteiger partial charge in [0.05, 0.1) is 13.2 Å². The first-order valence-electron chi connectivity index (χ1n) is 7.95. The Morgan fingerprint density at radius 1 is 1.20 bits per heavy atom. The van der Waals surface area contributed by atoms with Crippen LogP contribution in [0.1, 0.15) is 40.5 Å². The van der Waals surface area contributed by atoms with Crippen LogP contribution < -0.4 is 5.32 Å². The average Bonchev–Trinajstić information content (AvgIpc) is 2.42. The second-order valence-corrected chi connectivity index (χ2v) is 6.11. The molecule has 122 valence electrons. The van der Waals surface area contributed by atoms with Crippen molar-refractivity contribution in [2.24, 2.45) is 5.41 Å². The molecular formula is C16H36N2O2. The zero-order valence-electron chi connectivity index (χ0n) is 14.5. The summed E-state index contributed by atoms with van der Waals surface area (Å²) in [6, 6.07) is 0.424. The molecule has 0 aliphatic carbocycles. The molecule has 0 amide bonds. The van der Waals surface area contributed by atoms with Gasteiger partial charge < -0.3 is 14.8 Å². The molecule has 0 aromatic rings. The summed E-state index contributed by atoms with van der Waals surface area (Å²) in [5.41, 5.74) is 0.306. The first-order chi connectivity index (χ1) is 9.52. The Kier molecular flexibility index (Phi) is 11.4. The lowest BCUT2D eigenvalue weighted by Gasteiger charge is -2.38. The van der Waals surface area contributed by atoms with Crippen LogP contribution in [0.15, 0.2) is 0 Å². The molecule has 2 atom stereocenters. The number of hydrogen-bond acceptors (Lipinski definition) is 4. The largest absolute Gasteiger partial charge is 0.383 e. The van der Waals surface area contributed by atoms with E-state index in [0.717, 1.165) is 39.4 Å². The molecule has 4 nitrogen and oxygen atoms in total. The zero-order chi connectivity index (χ0) is 15.4. The Balaban J connectivity index is 4.67. The molecule has 0 saturated heterocycles. The lowest BCUT2D eigenvalue weighted by Crippen LogP contribution is -2.48. The smallest absolute Gasteiger partial charge is 0.0615 e. The van der Waals surface area contributed by atoms with Gasteiger partial charge in [0.1, 0.15) is 0 Å². The highest BCUT2D eigenvalue weighted by Gasteiger charge is 2.28. The van der Waals surface area contributed by atoms with Crippen molar-refractivity contribution >= 4 is 0 Å². The Labute approximate surface area is 126 Å². The SMILES string of the molecule is CCCC(C)(CNCC)CN(CCOC)C(C)COC. The van der Waals surface area contributed by atoms with Crippen LogP contribution in [0.2, 0.25) is 0 Å². The summed E-state index contributed by atoms with van der Waals surface area (Å²) in [5.74, 6) is 0. The third-order valence-electron chi connectivity index (χ3n) is 3.85. The summed E-state index contributed by atoms with van der Waals surface area (Å²) in [4.78, 5) is 2.50. The van der Waals surface area contributed by atoms with E-state index in [9.17, 15) is 0 Å². The molecule has 0 aromatic heterocycles. The lowest BCUT2D eigenvalue weighted by atomic mass is 9.84. The van der Waals surface area contributed by atoms with Crippen LogP contribution in [0.3, 0.4) is 0 Å². The Morgan fingerprint density at radius 2 is 1.90 bits per heavy atom. The van der Waals surface area contributed by atoms with E-state index in [2.05, 4.69) is 37.9 Å². The van der Waals surface area contributed by atoms with Gasteiger partial charge in [-0.3, -0.25) is 4.90 Å². The average molecular weight is 288 g/mol. The predicted octanol–water partition coefficient (Wildman–Crippen LogP) is 2.39. The minimum absolute atomic E-state index is 0.306. The fourth-order valence-corrected chi connectivity index (χ4v) is 2.75. The molecule has 20 heavy (non-hydrogen) atoms. The quantitative estimate of drug-likeness (QED) is 0.564. The first kappa shape index (κ1) is 19.8. The van der Waals surface area contributed by atoms with Gasteiger partial charge in [0.25, 0.3) is 0 Å². The molecular weight excluding hydrogens is 252 g/mol. The third-order valence-corrected chi connectivity index (χ3v) is 3.85. The highest BCUT2D eigenvalue weighted by molar-refractivity contribution is 4.82. The van der Waals surface area contributed by atoms with Crippen molar-refractivity contribution in [1.29, 1.82) is 0 Å². The zero-order valence-corrected chi connectivity index (χ0v) is 14.5. The number of rotatable bonds is 13. The van der Waals surface area contributed by atoms with Crippen molar-refractivity contribution in [2.75, 3.05) is 53.6 Å². The van der Waals surface area contributed by atoms with Gasteiger partial charge in [0, 0.05) is 39.9 Å². The van der Waals surface area contributed by atoms with Crippen LogP contribution in [0.4, 0.5) is 0 Å². The summed E-state index contributed by atoms with van der Waals surface area (Å²) in [6.07, 6.45) is 2.46. The molecule has 4 heteroatoms. The van der Waals surface area contributed by atoms with Crippen molar-refractivity contribution in [1.82, 2.24) is 10.2 Å². The van der Waals surface area contributed by atoms with Crippen LogP contribution in [-0.2, 0) is 9.47 Å². The van der Waals surface area contributed by atoms with Crippen LogP contribution in [0, 0.1) is 5.41 Å². The van der Waals surface area contributed by atoms with Crippen molar-refractivity contribution < 1.29 is 9.47 Å². The highest BCUT2D eigenvalue weighted by atomic mass is 16.5. The minimum Gasteiger partial charge on any atom is -0.383 e. The van der Waals surface area contributed by atoms with Gasteiger partial charge >= 0.3 is 0 Å². The minimum atomic E-state index is 0.306. The Morgan fingerprint density at radius 3 is 2.40 bits per heavy atom. The normalized spacial score (nSPS) is 16.4. The lowest BCUT2D eigenvalue weighted by molar-refractivity contribution is 0.0445. The van der Waals surface area contributed by atoms with Gasteiger partial charge in [-0.2, -0.15) is 0 Å². The summed E-state index contributed by atoms with van der Waals surface area (Å²) < 4.78 is 10.6. The maximum Gasteiger partial charge on any atom is 0.0615 e. The van der Waals surface area contributed by atoms with Crippen LogP contribution >= 0.6 is 0 Å². The van der Waals surface area contributed by atoms with Crippen LogP contribution in [0.25, 0.3) is 0 Å². The number of methoxy groups -OCH3 is 2. The van der Waals surface area contributed by atoms with Gasteiger partial charge in [0.2, 0.25) is 0 Å². The van der Waals surface area contributed by atoms with Crippen molar-refractivity contribution in [2.45, 2.75) is 46.6 Å². The van der Waals surface area contributed by atoms with Gasteiger partial charge in [-0.05, 0) is 25.3 Å². The van der Waals surface area contributed by atoms with Crippen molar-refractivity contribution in [3.05, 3.63) is 0 Å². The molecule has 0 saturated carbocycles. The third kappa shape index (κ3) is 8.20. The van der Waals surface area contributed by atoms with Gasteiger partial charge in [-0.1, -0.05) is 27.2 Å². The maximum atomic E-state index is 5.32. The molecule has 0 fully saturated rings. The number of nitrogens with zero attached hydrogens (tertiary/aromatic N) is 1. The van der Waals surface area contributed by atoms with Crippen LogP contribution in [-0.4, -0.2) is 64.6 Å². The molecule has 0 spiro atoms. The fourth-order valence-electron chi connectivity index (χ4n) is 2.75. The second-order valence-electron chi connectivity index (χ2n) is 6.11. The topological polar surface area (TPSA) is 33.7 Å².